The van der Waals surface area contributed by atoms with E-state index in [2.05, 4.69) is 9.71 Å². The van der Waals surface area contributed by atoms with Gasteiger partial charge in [0, 0.05) is 37.5 Å². The van der Waals surface area contributed by atoms with E-state index in [0.717, 1.165) is 23.9 Å². The van der Waals surface area contributed by atoms with Gasteiger partial charge in [-0.3, -0.25) is 4.79 Å². The number of nitrogens with one attached hydrogen (secondary N) is 1. The molecule has 0 bridgehead atoms. The summed E-state index contributed by atoms with van der Waals surface area (Å²) in [6.07, 6.45) is 1.61. The largest absolute Gasteiger partial charge is 0.440 e. The predicted molar refractivity (Wildman–Crippen MR) is 114 cm³/mol. The Balaban J connectivity index is 1.37. The zero-order chi connectivity index (χ0) is 21.8. The Morgan fingerprint density at radius 1 is 1.16 bits per heavy atom. The molecule has 1 aliphatic rings. The third-order valence-electron chi connectivity index (χ3n) is 5.38. The summed E-state index contributed by atoms with van der Waals surface area (Å²) in [6, 6.07) is 15.4. The highest BCUT2D eigenvalue weighted by molar-refractivity contribution is 7.89. The fraction of sp³-hybridized carbons (Fsp3) is 0.318. The summed E-state index contributed by atoms with van der Waals surface area (Å²) in [6.45, 7) is 1.21. The number of fused-ring (bicyclic) bond motifs is 1. The van der Waals surface area contributed by atoms with E-state index in [0.29, 0.717) is 24.5 Å². The molecule has 2 heterocycles. The van der Waals surface area contributed by atoms with Gasteiger partial charge in [-0.2, -0.15) is 5.26 Å². The number of benzene rings is 2. The Morgan fingerprint density at radius 3 is 2.55 bits per heavy atom. The molecule has 0 unspecified atom stereocenters. The second-order valence-corrected chi connectivity index (χ2v) is 9.18. The number of nitrogens with zero attached hydrogens (tertiary/aromatic N) is 3. The third-order valence-corrected chi connectivity index (χ3v) is 6.86. The second-order valence-electron chi connectivity index (χ2n) is 7.42. The van der Waals surface area contributed by atoms with Gasteiger partial charge in [0.25, 0.3) is 5.91 Å². The molecule has 0 aliphatic carbocycles. The summed E-state index contributed by atoms with van der Waals surface area (Å²) in [7, 11) is -3.69. The van der Waals surface area contributed by atoms with Crippen molar-refractivity contribution < 1.29 is 17.6 Å². The Bertz CT molecular complexity index is 1190. The Morgan fingerprint density at radius 2 is 1.87 bits per heavy atom. The average molecular weight is 439 g/mol. The number of hydrogen-bond donors (Lipinski definition) is 1. The van der Waals surface area contributed by atoms with Crippen LogP contribution in [0.25, 0.3) is 11.1 Å². The molecular weight excluding hydrogens is 416 g/mol. The van der Waals surface area contributed by atoms with Gasteiger partial charge in [-0.25, -0.2) is 18.1 Å². The van der Waals surface area contributed by atoms with Gasteiger partial charge in [-0.1, -0.05) is 12.1 Å². The van der Waals surface area contributed by atoms with Crippen LogP contribution in [0.5, 0.6) is 0 Å². The molecule has 8 nitrogen and oxygen atoms in total. The summed E-state index contributed by atoms with van der Waals surface area (Å²) in [5.74, 6) is 0.757. The van der Waals surface area contributed by atoms with Crippen molar-refractivity contribution >= 4 is 27.0 Å². The number of likely N-dealkylation sites (tertiary alicyclic amines) is 1. The van der Waals surface area contributed by atoms with Crippen LogP contribution in [0.3, 0.4) is 0 Å². The van der Waals surface area contributed by atoms with E-state index in [4.69, 9.17) is 9.68 Å². The van der Waals surface area contributed by atoms with Gasteiger partial charge in [-0.15, -0.1) is 0 Å². The van der Waals surface area contributed by atoms with Crippen LogP contribution in [-0.4, -0.2) is 43.8 Å². The van der Waals surface area contributed by atoms with Crippen molar-refractivity contribution in [1.82, 2.24) is 14.6 Å². The molecule has 1 fully saturated rings. The minimum absolute atomic E-state index is 0.0501. The number of hydrogen-bond acceptors (Lipinski definition) is 6. The summed E-state index contributed by atoms with van der Waals surface area (Å²) in [5, 5.41) is 8.53. The lowest BCUT2D eigenvalue weighted by Crippen LogP contribution is -2.38. The van der Waals surface area contributed by atoms with Crippen LogP contribution in [-0.2, 0) is 10.0 Å². The number of aromatic nitrogens is 1. The first-order chi connectivity index (χ1) is 15.0. The molecule has 0 radical (unpaired) electrons. The summed E-state index contributed by atoms with van der Waals surface area (Å²) >= 11 is 0. The monoisotopic (exact) mass is 438 g/mol. The van der Waals surface area contributed by atoms with Crippen molar-refractivity contribution in [3.05, 3.63) is 60.0 Å². The van der Waals surface area contributed by atoms with E-state index in [9.17, 15) is 13.2 Å². The van der Waals surface area contributed by atoms with Crippen LogP contribution in [0.15, 0.2) is 57.8 Å². The SMILES string of the molecule is N#CCCNS(=O)(=O)c1ccc(C(=O)N2CCC(c3nc4ccccc4o3)CC2)cc1. The zero-order valence-corrected chi connectivity index (χ0v) is 17.6. The van der Waals surface area contributed by atoms with E-state index in [1.54, 1.807) is 4.90 Å². The minimum atomic E-state index is -3.69. The first-order valence-electron chi connectivity index (χ1n) is 10.1. The molecule has 1 saturated heterocycles. The quantitative estimate of drug-likeness (QED) is 0.591. The highest BCUT2D eigenvalue weighted by Crippen LogP contribution is 2.30. The molecule has 1 aromatic heterocycles. The molecule has 0 atom stereocenters. The van der Waals surface area contributed by atoms with Crippen LogP contribution in [0.4, 0.5) is 0 Å². The molecule has 2 aromatic carbocycles. The van der Waals surface area contributed by atoms with Crippen LogP contribution in [0.1, 0.15) is 41.4 Å². The first kappa shape index (κ1) is 21.0. The fourth-order valence-electron chi connectivity index (χ4n) is 3.68. The molecule has 0 spiro atoms. The van der Waals surface area contributed by atoms with Crippen molar-refractivity contribution in [3.63, 3.8) is 0 Å². The Kier molecular flexibility index (Phi) is 6.02. The van der Waals surface area contributed by atoms with Crippen LogP contribution < -0.4 is 4.72 Å². The molecule has 1 amide bonds. The average Bonchev–Trinajstić information content (AvgIpc) is 3.23. The fourth-order valence-corrected chi connectivity index (χ4v) is 4.71. The minimum Gasteiger partial charge on any atom is -0.440 e. The lowest BCUT2D eigenvalue weighted by molar-refractivity contribution is 0.0706. The zero-order valence-electron chi connectivity index (χ0n) is 16.8. The van der Waals surface area contributed by atoms with E-state index < -0.39 is 10.0 Å². The van der Waals surface area contributed by atoms with E-state index in [-0.39, 0.29) is 29.7 Å². The number of para-hydroxylation sites is 2. The van der Waals surface area contributed by atoms with Gasteiger partial charge in [-0.05, 0) is 49.2 Å². The van der Waals surface area contributed by atoms with Gasteiger partial charge < -0.3 is 9.32 Å². The topological polar surface area (TPSA) is 116 Å². The maximum atomic E-state index is 12.8. The molecule has 0 saturated carbocycles. The normalized spacial score (nSPS) is 15.1. The van der Waals surface area contributed by atoms with Gasteiger partial charge in [0.2, 0.25) is 10.0 Å². The van der Waals surface area contributed by atoms with Crippen molar-refractivity contribution in [2.75, 3.05) is 19.6 Å². The lowest BCUT2D eigenvalue weighted by Gasteiger charge is -2.30. The number of amides is 1. The maximum Gasteiger partial charge on any atom is 0.253 e. The smallest absolute Gasteiger partial charge is 0.253 e. The number of carbonyl (C=O) groups excluding carboxylic acids is 1. The highest BCUT2D eigenvalue weighted by atomic mass is 32.2. The molecule has 1 N–H and O–H groups in total. The van der Waals surface area contributed by atoms with Crippen molar-refractivity contribution in [1.29, 1.82) is 5.26 Å². The van der Waals surface area contributed by atoms with Crippen molar-refractivity contribution in [3.8, 4) is 6.07 Å². The van der Waals surface area contributed by atoms with E-state index >= 15 is 0 Å². The molecule has 9 heteroatoms. The highest BCUT2D eigenvalue weighted by Gasteiger charge is 2.27. The summed E-state index contributed by atoms with van der Waals surface area (Å²) in [5.41, 5.74) is 2.05. The summed E-state index contributed by atoms with van der Waals surface area (Å²) < 4.78 is 32.6. The van der Waals surface area contributed by atoms with Gasteiger partial charge in [0.05, 0.1) is 11.0 Å². The molecule has 3 aromatic rings. The van der Waals surface area contributed by atoms with E-state index in [1.807, 2.05) is 30.3 Å². The molecular formula is C22H22N4O4S. The van der Waals surface area contributed by atoms with Crippen molar-refractivity contribution in [2.24, 2.45) is 0 Å². The Labute approximate surface area is 180 Å². The second kappa shape index (κ2) is 8.88. The number of oxazole rings is 1. The standard InChI is InChI=1S/C22H22N4O4S/c23-12-3-13-24-31(28,29)18-8-6-17(7-9-18)22(27)26-14-10-16(11-15-26)21-25-19-4-1-2-5-20(19)30-21/h1-2,4-9,16,24H,3,10-11,13-15H2. The molecule has 160 valence electrons. The molecule has 4 rings (SSSR count). The number of rotatable bonds is 6. The van der Waals surface area contributed by atoms with Gasteiger partial charge in [0.15, 0.2) is 11.5 Å². The van der Waals surface area contributed by atoms with Crippen LogP contribution in [0.2, 0.25) is 0 Å². The van der Waals surface area contributed by atoms with Gasteiger partial charge in [0.1, 0.15) is 5.52 Å². The predicted octanol–water partition coefficient (Wildman–Crippen LogP) is 3.04. The lowest BCUT2D eigenvalue weighted by atomic mass is 9.96. The molecule has 1 aliphatic heterocycles. The summed E-state index contributed by atoms with van der Waals surface area (Å²) in [4.78, 5) is 19.3. The van der Waals surface area contributed by atoms with Crippen LogP contribution >= 0.6 is 0 Å². The van der Waals surface area contributed by atoms with Crippen molar-refractivity contribution in [2.45, 2.75) is 30.1 Å². The number of piperidine rings is 1. The van der Waals surface area contributed by atoms with Crippen LogP contribution in [0, 0.1) is 11.3 Å². The first-order valence-corrected chi connectivity index (χ1v) is 11.6. The maximum absolute atomic E-state index is 12.8. The number of carbonyl (C=O) groups is 1. The third kappa shape index (κ3) is 4.60. The molecule has 31 heavy (non-hydrogen) atoms. The van der Waals surface area contributed by atoms with E-state index in [1.165, 1.54) is 24.3 Å². The Hall–Kier alpha value is -3.22. The van der Waals surface area contributed by atoms with Gasteiger partial charge >= 0.3 is 0 Å². The number of sulfonamides is 1. The number of nitriles is 1.